The third kappa shape index (κ3) is 3.13. The van der Waals surface area contributed by atoms with E-state index in [2.05, 4.69) is 0 Å². The first kappa shape index (κ1) is 18.3. The molecular weight excluding hydrogens is 324 g/mol. The molecule has 0 spiro atoms. The molecule has 0 radical (unpaired) electrons. The van der Waals surface area contributed by atoms with Gasteiger partial charge in [0.25, 0.3) is 0 Å². The van der Waals surface area contributed by atoms with Crippen molar-refractivity contribution < 1.29 is 45.3 Å². The van der Waals surface area contributed by atoms with Gasteiger partial charge in [0, 0.05) is 0 Å². The second-order valence-electron chi connectivity index (χ2n) is 5.43. The zero-order valence-corrected chi connectivity index (χ0v) is 12.4. The summed E-state index contributed by atoms with van der Waals surface area (Å²) in [6.07, 6.45) is -5.60. The van der Waals surface area contributed by atoms with Gasteiger partial charge in [0.1, 0.15) is 18.3 Å². The molecule has 1 aromatic carbocycles. The fraction of sp³-hybridized carbons (Fsp3) is 0.400. The largest absolute Gasteiger partial charge is 0.504 e. The molecular formula is C15H18O9. The summed E-state index contributed by atoms with van der Waals surface area (Å²) in [5.74, 6) is -1.74. The molecule has 9 heteroatoms. The normalized spacial score (nSPS) is 33.7. The summed E-state index contributed by atoms with van der Waals surface area (Å²) >= 11 is 0. The summed E-state index contributed by atoms with van der Waals surface area (Å²) < 4.78 is 4.87. The molecule has 1 aliphatic rings. The Morgan fingerprint density at radius 1 is 1.12 bits per heavy atom. The fourth-order valence-electron chi connectivity index (χ4n) is 2.36. The van der Waals surface area contributed by atoms with Crippen molar-refractivity contribution >= 4 is 11.9 Å². The maximum absolute atomic E-state index is 12.3. The number of carbonyl (C=O) groups excluding carboxylic acids is 1. The number of benzene rings is 1. The van der Waals surface area contributed by atoms with Crippen LogP contribution in [0.2, 0.25) is 0 Å². The van der Waals surface area contributed by atoms with Gasteiger partial charge in [-0.3, -0.25) is 4.79 Å². The molecule has 9 nitrogen and oxygen atoms in total. The van der Waals surface area contributed by atoms with Crippen LogP contribution in [-0.4, -0.2) is 78.3 Å². The van der Waals surface area contributed by atoms with Crippen LogP contribution in [0.4, 0.5) is 0 Å². The molecule has 1 heterocycles. The Hall–Kier alpha value is -2.01. The number of ether oxygens (including phenoxy) is 1. The highest BCUT2D eigenvalue weighted by Crippen LogP contribution is 2.31. The number of phenols is 2. The number of hydrogen-bond donors (Lipinski definition) is 7. The van der Waals surface area contributed by atoms with Gasteiger partial charge in [-0.05, 0) is 23.8 Å². The van der Waals surface area contributed by atoms with Gasteiger partial charge >= 0.3 is 0 Å². The minimum absolute atomic E-state index is 0.318. The third-order valence-electron chi connectivity index (χ3n) is 3.85. The van der Waals surface area contributed by atoms with Crippen LogP contribution in [0.5, 0.6) is 11.5 Å². The lowest BCUT2D eigenvalue weighted by Gasteiger charge is -2.44. The van der Waals surface area contributed by atoms with Gasteiger partial charge in [-0.15, -0.1) is 0 Å². The van der Waals surface area contributed by atoms with Crippen molar-refractivity contribution in [1.82, 2.24) is 0 Å². The van der Waals surface area contributed by atoms with E-state index in [1.54, 1.807) is 0 Å². The molecule has 2 rings (SSSR count). The number of aromatic hydroxyl groups is 2. The zero-order valence-electron chi connectivity index (χ0n) is 12.4. The lowest BCUT2D eigenvalue weighted by atomic mass is 9.83. The predicted octanol–water partition coefficient (Wildman–Crippen LogP) is -2.16. The Labute approximate surface area is 136 Å². The maximum atomic E-state index is 12.3. The van der Waals surface area contributed by atoms with Crippen molar-refractivity contribution in [2.75, 3.05) is 6.61 Å². The van der Waals surface area contributed by atoms with Crippen LogP contribution >= 0.6 is 0 Å². The summed E-state index contributed by atoms with van der Waals surface area (Å²) in [4.78, 5) is 12.3. The summed E-state index contributed by atoms with van der Waals surface area (Å²) in [6.45, 7) is -1.06. The molecule has 5 atom stereocenters. The van der Waals surface area contributed by atoms with Crippen molar-refractivity contribution in [2.24, 2.45) is 0 Å². The summed E-state index contributed by atoms with van der Waals surface area (Å²) in [6, 6.07) is 3.74. The molecule has 132 valence electrons. The van der Waals surface area contributed by atoms with Gasteiger partial charge in [-0.2, -0.15) is 0 Å². The second kappa shape index (κ2) is 6.85. The maximum Gasteiger partial charge on any atom is 0.192 e. The smallest absolute Gasteiger partial charge is 0.192 e. The van der Waals surface area contributed by atoms with Crippen LogP contribution in [0.25, 0.3) is 6.08 Å². The predicted molar refractivity (Wildman–Crippen MR) is 78.7 cm³/mol. The SMILES string of the molecule is O=C(C=Cc1ccc(O)c(O)c1)[C@]1(CO)OC(O)[C@H](O)[C@@H](O)[C@@H]1O. The van der Waals surface area contributed by atoms with E-state index in [1.165, 1.54) is 18.2 Å². The van der Waals surface area contributed by atoms with E-state index in [1.807, 2.05) is 0 Å². The topological polar surface area (TPSA) is 168 Å². The molecule has 1 fully saturated rings. The number of phenolic OH excluding ortho intramolecular Hbond substituents is 2. The summed E-state index contributed by atoms with van der Waals surface area (Å²) in [5, 5.41) is 66.7. The Morgan fingerprint density at radius 2 is 1.79 bits per heavy atom. The molecule has 0 saturated carbocycles. The van der Waals surface area contributed by atoms with Gasteiger partial charge in [0.2, 0.25) is 0 Å². The number of carbonyl (C=O) groups is 1. The Kier molecular flexibility index (Phi) is 5.23. The van der Waals surface area contributed by atoms with Crippen LogP contribution in [-0.2, 0) is 9.53 Å². The average molecular weight is 342 g/mol. The van der Waals surface area contributed by atoms with Crippen molar-refractivity contribution in [3.63, 3.8) is 0 Å². The molecule has 1 aromatic rings. The number of hydrogen-bond acceptors (Lipinski definition) is 9. The van der Waals surface area contributed by atoms with E-state index >= 15 is 0 Å². The number of aliphatic hydroxyl groups is 5. The van der Waals surface area contributed by atoms with Gasteiger partial charge in [0.15, 0.2) is 29.2 Å². The summed E-state index contributed by atoms with van der Waals surface area (Å²) in [7, 11) is 0. The lowest BCUT2D eigenvalue weighted by molar-refractivity contribution is -0.314. The number of rotatable bonds is 4. The van der Waals surface area contributed by atoms with Gasteiger partial charge < -0.3 is 40.5 Å². The highest BCUT2D eigenvalue weighted by Gasteiger charge is 2.56. The monoisotopic (exact) mass is 342 g/mol. The van der Waals surface area contributed by atoms with Gasteiger partial charge in [0.05, 0.1) is 6.61 Å². The molecule has 0 amide bonds. The second-order valence-corrected chi connectivity index (χ2v) is 5.43. The van der Waals surface area contributed by atoms with E-state index in [9.17, 15) is 40.5 Å². The van der Waals surface area contributed by atoms with Crippen LogP contribution < -0.4 is 0 Å². The standard InChI is InChI=1S/C15H18O9/c16-6-15(13(22)11(20)12(21)14(23)24-15)10(19)4-2-7-1-3-8(17)9(18)5-7/h1-5,11-14,16-18,20-23H,6H2/t11-,12-,13+,14?,15+/m1/s1. The van der Waals surface area contributed by atoms with Crippen LogP contribution in [0, 0.1) is 0 Å². The van der Waals surface area contributed by atoms with E-state index in [4.69, 9.17) is 4.74 Å². The fourth-order valence-corrected chi connectivity index (χ4v) is 2.36. The van der Waals surface area contributed by atoms with Crippen molar-refractivity contribution in [3.8, 4) is 11.5 Å². The zero-order chi connectivity index (χ0) is 18.1. The molecule has 0 bridgehead atoms. The van der Waals surface area contributed by atoms with Crippen LogP contribution in [0.3, 0.4) is 0 Å². The quantitative estimate of drug-likeness (QED) is 0.238. The highest BCUT2D eigenvalue weighted by atomic mass is 16.7. The van der Waals surface area contributed by atoms with E-state index in [0.717, 1.165) is 12.1 Å². The minimum atomic E-state index is -2.35. The van der Waals surface area contributed by atoms with E-state index in [-0.39, 0.29) is 5.75 Å². The summed E-state index contributed by atoms with van der Waals surface area (Å²) in [5.41, 5.74) is -2.04. The first-order valence-corrected chi connectivity index (χ1v) is 6.98. The third-order valence-corrected chi connectivity index (χ3v) is 3.85. The molecule has 1 saturated heterocycles. The van der Waals surface area contributed by atoms with Crippen LogP contribution in [0.1, 0.15) is 5.56 Å². The average Bonchev–Trinajstić information content (AvgIpc) is 2.57. The number of ketones is 1. The molecule has 7 N–H and O–H groups in total. The van der Waals surface area contributed by atoms with Crippen molar-refractivity contribution in [1.29, 1.82) is 0 Å². The lowest BCUT2D eigenvalue weighted by Crippen LogP contribution is -2.68. The first-order chi connectivity index (χ1) is 11.2. The molecule has 1 unspecified atom stereocenters. The minimum Gasteiger partial charge on any atom is -0.504 e. The van der Waals surface area contributed by atoms with Gasteiger partial charge in [-0.1, -0.05) is 12.1 Å². The Balaban J connectivity index is 2.27. The number of aliphatic hydroxyl groups excluding tert-OH is 5. The molecule has 0 aromatic heterocycles. The molecule has 0 aliphatic carbocycles. The van der Waals surface area contributed by atoms with Crippen LogP contribution in [0.15, 0.2) is 24.3 Å². The Bertz CT molecular complexity index is 644. The Morgan fingerprint density at radius 3 is 2.38 bits per heavy atom. The van der Waals surface area contributed by atoms with Gasteiger partial charge in [-0.25, -0.2) is 0 Å². The van der Waals surface area contributed by atoms with E-state index in [0.29, 0.717) is 5.56 Å². The molecule has 24 heavy (non-hydrogen) atoms. The first-order valence-electron chi connectivity index (χ1n) is 6.98. The van der Waals surface area contributed by atoms with E-state index < -0.39 is 48.3 Å². The molecule has 1 aliphatic heterocycles. The van der Waals surface area contributed by atoms with Crippen molar-refractivity contribution in [2.45, 2.75) is 30.2 Å². The van der Waals surface area contributed by atoms with Crippen molar-refractivity contribution in [3.05, 3.63) is 29.8 Å². The highest BCUT2D eigenvalue weighted by molar-refractivity contribution is 6.01.